The van der Waals surface area contributed by atoms with Crippen LogP contribution in [-0.4, -0.2) is 48.6 Å². The predicted molar refractivity (Wildman–Crippen MR) is 107 cm³/mol. The van der Waals surface area contributed by atoms with Gasteiger partial charge in [-0.25, -0.2) is 0 Å². The number of likely N-dealkylation sites (tertiary alicyclic amines) is 1. The molecule has 138 valence electrons. The summed E-state index contributed by atoms with van der Waals surface area (Å²) in [5.74, 6) is 0.899. The smallest absolute Gasteiger partial charge is 0.191 e. The molecule has 1 fully saturated rings. The average Bonchev–Trinajstić information content (AvgIpc) is 2.70. The number of guanidine groups is 1. The van der Waals surface area contributed by atoms with Crippen LogP contribution >= 0.6 is 0 Å². The van der Waals surface area contributed by atoms with E-state index in [2.05, 4.69) is 61.9 Å². The van der Waals surface area contributed by atoms with Crippen LogP contribution in [0.25, 0.3) is 0 Å². The van der Waals surface area contributed by atoms with E-state index >= 15 is 0 Å². The van der Waals surface area contributed by atoms with Crippen molar-refractivity contribution in [1.82, 2.24) is 20.5 Å². The number of pyridine rings is 1. The van der Waals surface area contributed by atoms with Crippen molar-refractivity contribution in [2.24, 2.45) is 4.99 Å². The van der Waals surface area contributed by atoms with Gasteiger partial charge in [0.2, 0.25) is 0 Å². The summed E-state index contributed by atoms with van der Waals surface area (Å²) in [7, 11) is 1.84. The zero-order valence-corrected chi connectivity index (χ0v) is 15.6. The second-order valence-corrected chi connectivity index (χ2v) is 6.79. The fraction of sp³-hybridized carbons (Fsp3) is 0.429. The van der Waals surface area contributed by atoms with Crippen molar-refractivity contribution in [3.63, 3.8) is 0 Å². The Hall–Kier alpha value is -2.40. The predicted octanol–water partition coefficient (Wildman–Crippen LogP) is 2.45. The maximum atomic E-state index is 4.37. The highest BCUT2D eigenvalue weighted by atomic mass is 15.2. The van der Waals surface area contributed by atoms with Crippen LogP contribution in [0.2, 0.25) is 0 Å². The molecule has 1 aromatic carbocycles. The number of piperidine rings is 1. The lowest BCUT2D eigenvalue weighted by molar-refractivity contribution is 0.198. The average molecular weight is 351 g/mol. The molecule has 1 aliphatic rings. The molecule has 0 aliphatic carbocycles. The Bertz CT molecular complexity index is 663. The molecule has 0 unspecified atom stereocenters. The van der Waals surface area contributed by atoms with Gasteiger partial charge < -0.3 is 10.6 Å². The molecule has 5 heteroatoms. The van der Waals surface area contributed by atoms with Crippen molar-refractivity contribution in [3.8, 4) is 0 Å². The van der Waals surface area contributed by atoms with E-state index in [1.807, 2.05) is 25.5 Å². The molecule has 0 spiro atoms. The van der Waals surface area contributed by atoms with E-state index in [0.29, 0.717) is 6.04 Å². The molecule has 1 aromatic heterocycles. The first kappa shape index (κ1) is 18.4. The van der Waals surface area contributed by atoms with Crippen molar-refractivity contribution in [2.45, 2.75) is 31.8 Å². The van der Waals surface area contributed by atoms with E-state index in [-0.39, 0.29) is 0 Å². The lowest BCUT2D eigenvalue weighted by Crippen LogP contribution is -2.48. The van der Waals surface area contributed by atoms with Gasteiger partial charge in [-0.3, -0.25) is 14.9 Å². The van der Waals surface area contributed by atoms with Gasteiger partial charge in [-0.2, -0.15) is 0 Å². The fourth-order valence-corrected chi connectivity index (χ4v) is 3.34. The second kappa shape index (κ2) is 9.92. The van der Waals surface area contributed by atoms with Crippen LogP contribution in [0.1, 0.15) is 24.0 Å². The van der Waals surface area contributed by atoms with Gasteiger partial charge in [0.05, 0.1) is 0 Å². The van der Waals surface area contributed by atoms with Gasteiger partial charge >= 0.3 is 0 Å². The quantitative estimate of drug-likeness (QED) is 0.620. The molecule has 26 heavy (non-hydrogen) atoms. The van der Waals surface area contributed by atoms with Gasteiger partial charge in [-0.1, -0.05) is 36.4 Å². The van der Waals surface area contributed by atoms with Gasteiger partial charge in [0.1, 0.15) is 0 Å². The van der Waals surface area contributed by atoms with Crippen LogP contribution in [0.5, 0.6) is 0 Å². The molecule has 5 nitrogen and oxygen atoms in total. The number of hydrogen-bond donors (Lipinski definition) is 2. The molecule has 2 aromatic rings. The molecule has 0 amide bonds. The third-order valence-electron chi connectivity index (χ3n) is 4.83. The Morgan fingerprint density at radius 3 is 2.58 bits per heavy atom. The number of aliphatic imine (C=N–C) groups is 1. The van der Waals surface area contributed by atoms with E-state index in [0.717, 1.165) is 51.4 Å². The minimum absolute atomic E-state index is 0.492. The standard InChI is InChI=1S/C21H29N5/c1-22-21(24-13-9-18-8-5-12-23-16-18)25-20-10-14-26(15-11-20)17-19-6-3-2-4-7-19/h2-8,12,16,20H,9-11,13-15,17H2,1H3,(H2,22,24,25). The van der Waals surface area contributed by atoms with Crippen molar-refractivity contribution in [2.75, 3.05) is 26.7 Å². The van der Waals surface area contributed by atoms with Crippen LogP contribution in [0, 0.1) is 0 Å². The number of hydrogen-bond acceptors (Lipinski definition) is 3. The maximum Gasteiger partial charge on any atom is 0.191 e. The van der Waals surface area contributed by atoms with Crippen LogP contribution in [0.3, 0.4) is 0 Å². The van der Waals surface area contributed by atoms with Crippen LogP contribution in [0.4, 0.5) is 0 Å². The highest BCUT2D eigenvalue weighted by Gasteiger charge is 2.19. The SMILES string of the molecule is CN=C(NCCc1cccnc1)NC1CCN(Cc2ccccc2)CC1. The number of nitrogens with one attached hydrogen (secondary N) is 2. The van der Waals surface area contributed by atoms with Gasteiger partial charge in [0.25, 0.3) is 0 Å². The number of aromatic nitrogens is 1. The summed E-state index contributed by atoms with van der Waals surface area (Å²) in [5.41, 5.74) is 2.64. The van der Waals surface area contributed by atoms with Gasteiger partial charge in [-0.05, 0) is 36.5 Å². The molecule has 0 radical (unpaired) electrons. The zero-order valence-electron chi connectivity index (χ0n) is 15.6. The van der Waals surface area contributed by atoms with Crippen LogP contribution in [0.15, 0.2) is 59.9 Å². The third-order valence-corrected chi connectivity index (χ3v) is 4.83. The normalized spacial score (nSPS) is 16.4. The molecular formula is C21H29N5. The Balaban J connectivity index is 1.37. The van der Waals surface area contributed by atoms with Crippen molar-refractivity contribution >= 4 is 5.96 Å². The van der Waals surface area contributed by atoms with Crippen molar-refractivity contribution in [1.29, 1.82) is 0 Å². The first-order valence-corrected chi connectivity index (χ1v) is 9.46. The second-order valence-electron chi connectivity index (χ2n) is 6.79. The monoisotopic (exact) mass is 351 g/mol. The first-order valence-electron chi connectivity index (χ1n) is 9.46. The largest absolute Gasteiger partial charge is 0.356 e. The van der Waals surface area contributed by atoms with E-state index in [1.54, 1.807) is 0 Å². The summed E-state index contributed by atoms with van der Waals surface area (Å²) < 4.78 is 0. The molecule has 1 saturated heterocycles. The number of rotatable bonds is 6. The van der Waals surface area contributed by atoms with E-state index < -0.39 is 0 Å². The summed E-state index contributed by atoms with van der Waals surface area (Å²) in [4.78, 5) is 11.1. The lowest BCUT2D eigenvalue weighted by Gasteiger charge is -2.33. The first-order chi connectivity index (χ1) is 12.8. The zero-order chi connectivity index (χ0) is 18.0. The minimum atomic E-state index is 0.492. The maximum absolute atomic E-state index is 4.37. The molecule has 1 aliphatic heterocycles. The molecule has 2 heterocycles. The molecule has 3 rings (SSSR count). The topological polar surface area (TPSA) is 52.6 Å². The van der Waals surface area contributed by atoms with Gasteiger partial charge in [0.15, 0.2) is 5.96 Å². The Labute approximate surface area is 156 Å². The van der Waals surface area contributed by atoms with E-state index in [9.17, 15) is 0 Å². The summed E-state index contributed by atoms with van der Waals surface area (Å²) >= 11 is 0. The molecule has 0 bridgehead atoms. The molecular weight excluding hydrogens is 322 g/mol. The minimum Gasteiger partial charge on any atom is -0.356 e. The highest BCUT2D eigenvalue weighted by Crippen LogP contribution is 2.13. The lowest BCUT2D eigenvalue weighted by atomic mass is 10.0. The molecule has 2 N–H and O–H groups in total. The van der Waals surface area contributed by atoms with Crippen molar-refractivity contribution < 1.29 is 0 Å². The van der Waals surface area contributed by atoms with Crippen LogP contribution in [-0.2, 0) is 13.0 Å². The number of benzene rings is 1. The van der Waals surface area contributed by atoms with E-state index in [1.165, 1.54) is 11.1 Å². The van der Waals surface area contributed by atoms with E-state index in [4.69, 9.17) is 0 Å². The van der Waals surface area contributed by atoms with Crippen molar-refractivity contribution in [3.05, 3.63) is 66.0 Å². The summed E-state index contributed by atoms with van der Waals surface area (Å²) in [6.07, 6.45) is 6.97. The summed E-state index contributed by atoms with van der Waals surface area (Å²) in [6.45, 7) is 4.16. The fourth-order valence-electron chi connectivity index (χ4n) is 3.34. The molecule has 0 atom stereocenters. The van der Waals surface area contributed by atoms with Crippen LogP contribution < -0.4 is 10.6 Å². The van der Waals surface area contributed by atoms with Gasteiger partial charge in [0, 0.05) is 51.7 Å². The van der Waals surface area contributed by atoms with Gasteiger partial charge in [-0.15, -0.1) is 0 Å². The third kappa shape index (κ3) is 5.85. The number of nitrogens with zero attached hydrogens (tertiary/aromatic N) is 3. The highest BCUT2D eigenvalue weighted by molar-refractivity contribution is 5.79. The molecule has 0 saturated carbocycles. The Morgan fingerprint density at radius 1 is 1.12 bits per heavy atom. The Kier molecular flexibility index (Phi) is 7.02. The summed E-state index contributed by atoms with van der Waals surface area (Å²) in [5, 5.41) is 6.99. The summed E-state index contributed by atoms with van der Waals surface area (Å²) in [6, 6.07) is 15.3. The Morgan fingerprint density at radius 2 is 1.88 bits per heavy atom.